The van der Waals surface area contributed by atoms with E-state index in [1.165, 1.54) is 12.8 Å². The second-order valence-electron chi connectivity index (χ2n) is 4.18. The fourth-order valence-corrected chi connectivity index (χ4v) is 1.09. The van der Waals surface area contributed by atoms with Crippen LogP contribution in [0.5, 0.6) is 0 Å². The molecule has 0 saturated heterocycles. The van der Waals surface area contributed by atoms with Crippen molar-refractivity contribution in [3.63, 3.8) is 0 Å². The van der Waals surface area contributed by atoms with Gasteiger partial charge in [-0.15, -0.1) is 0 Å². The van der Waals surface area contributed by atoms with E-state index < -0.39 is 0 Å². The number of amides is 1. The normalized spacial score (nSPS) is 16.6. The molecule has 1 N–H and O–H groups in total. The third kappa shape index (κ3) is 4.37. The SMILES string of the molecule is CC(C)CCC(=O)NCC1CC1. The Kier molecular flexibility index (Phi) is 3.57. The van der Waals surface area contributed by atoms with Crippen LogP contribution < -0.4 is 5.32 Å². The molecule has 2 nitrogen and oxygen atoms in total. The molecule has 2 heteroatoms. The smallest absolute Gasteiger partial charge is 0.220 e. The average molecular weight is 169 g/mol. The predicted molar refractivity (Wildman–Crippen MR) is 49.8 cm³/mol. The fourth-order valence-electron chi connectivity index (χ4n) is 1.09. The molecule has 12 heavy (non-hydrogen) atoms. The molecule has 0 aromatic carbocycles. The van der Waals surface area contributed by atoms with Crippen molar-refractivity contribution in [2.24, 2.45) is 11.8 Å². The molecule has 0 aromatic heterocycles. The lowest BCUT2D eigenvalue weighted by atomic mass is 10.1. The molecule has 0 radical (unpaired) electrons. The highest BCUT2D eigenvalue weighted by atomic mass is 16.1. The molecule has 1 fully saturated rings. The zero-order valence-electron chi connectivity index (χ0n) is 8.10. The topological polar surface area (TPSA) is 29.1 Å². The molecule has 0 heterocycles. The third-order valence-corrected chi connectivity index (χ3v) is 2.23. The Morgan fingerprint density at radius 3 is 2.67 bits per heavy atom. The summed E-state index contributed by atoms with van der Waals surface area (Å²) in [5.74, 6) is 1.67. The van der Waals surface area contributed by atoms with Gasteiger partial charge < -0.3 is 5.32 Å². The van der Waals surface area contributed by atoms with Crippen LogP contribution in [0.2, 0.25) is 0 Å². The number of nitrogens with one attached hydrogen (secondary N) is 1. The average Bonchev–Trinajstić information content (AvgIpc) is 2.80. The maximum absolute atomic E-state index is 11.2. The first kappa shape index (κ1) is 9.56. The number of carbonyl (C=O) groups is 1. The first-order chi connectivity index (χ1) is 5.68. The van der Waals surface area contributed by atoms with Crippen LogP contribution in [0.1, 0.15) is 39.5 Å². The Labute approximate surface area is 74.7 Å². The number of carbonyl (C=O) groups excluding carboxylic acids is 1. The quantitative estimate of drug-likeness (QED) is 0.669. The molecule has 1 amide bonds. The minimum absolute atomic E-state index is 0.232. The first-order valence-electron chi connectivity index (χ1n) is 4.95. The summed E-state index contributed by atoms with van der Waals surface area (Å²) in [5.41, 5.74) is 0. The maximum Gasteiger partial charge on any atom is 0.220 e. The zero-order chi connectivity index (χ0) is 8.97. The van der Waals surface area contributed by atoms with Gasteiger partial charge in [-0.3, -0.25) is 4.79 Å². The number of hydrogen-bond donors (Lipinski definition) is 1. The van der Waals surface area contributed by atoms with Gasteiger partial charge in [0.05, 0.1) is 0 Å². The molecule has 1 aliphatic rings. The van der Waals surface area contributed by atoms with Crippen LogP contribution in [0.25, 0.3) is 0 Å². The minimum atomic E-state index is 0.232. The summed E-state index contributed by atoms with van der Waals surface area (Å²) >= 11 is 0. The van der Waals surface area contributed by atoms with Gasteiger partial charge in [0, 0.05) is 13.0 Å². The fraction of sp³-hybridized carbons (Fsp3) is 0.900. The van der Waals surface area contributed by atoms with Gasteiger partial charge in [0.15, 0.2) is 0 Å². The van der Waals surface area contributed by atoms with Gasteiger partial charge in [-0.1, -0.05) is 13.8 Å². The summed E-state index contributed by atoms with van der Waals surface area (Å²) in [6.45, 7) is 5.21. The molecule has 1 rings (SSSR count). The second kappa shape index (κ2) is 4.48. The van der Waals surface area contributed by atoms with E-state index in [1.807, 2.05) is 0 Å². The van der Waals surface area contributed by atoms with Gasteiger partial charge in [-0.05, 0) is 31.1 Å². The molecule has 0 aliphatic heterocycles. The third-order valence-electron chi connectivity index (χ3n) is 2.23. The second-order valence-corrected chi connectivity index (χ2v) is 4.18. The van der Waals surface area contributed by atoms with E-state index in [-0.39, 0.29) is 5.91 Å². The largest absolute Gasteiger partial charge is 0.356 e. The molecule has 0 spiro atoms. The van der Waals surface area contributed by atoms with Crippen LogP contribution in [-0.2, 0) is 4.79 Å². The summed E-state index contributed by atoms with van der Waals surface area (Å²) in [4.78, 5) is 11.2. The number of hydrogen-bond acceptors (Lipinski definition) is 1. The van der Waals surface area contributed by atoms with E-state index in [2.05, 4.69) is 19.2 Å². The van der Waals surface area contributed by atoms with Gasteiger partial charge in [0.2, 0.25) is 5.91 Å². The zero-order valence-corrected chi connectivity index (χ0v) is 8.10. The van der Waals surface area contributed by atoms with Crippen molar-refractivity contribution in [2.45, 2.75) is 39.5 Å². The van der Waals surface area contributed by atoms with E-state index in [4.69, 9.17) is 0 Å². The predicted octanol–water partition coefficient (Wildman–Crippen LogP) is 1.95. The van der Waals surface area contributed by atoms with Crippen LogP contribution >= 0.6 is 0 Å². The van der Waals surface area contributed by atoms with E-state index in [0.717, 1.165) is 18.9 Å². The van der Waals surface area contributed by atoms with Crippen molar-refractivity contribution in [1.29, 1.82) is 0 Å². The monoisotopic (exact) mass is 169 g/mol. The summed E-state index contributed by atoms with van der Waals surface area (Å²) < 4.78 is 0. The Morgan fingerprint density at radius 2 is 2.17 bits per heavy atom. The summed E-state index contributed by atoms with van der Waals surface area (Å²) in [7, 11) is 0. The molecule has 1 aliphatic carbocycles. The molecular formula is C10H19NO. The van der Waals surface area contributed by atoms with Crippen molar-refractivity contribution < 1.29 is 4.79 Å². The van der Waals surface area contributed by atoms with Crippen LogP contribution in [-0.4, -0.2) is 12.5 Å². The van der Waals surface area contributed by atoms with E-state index in [9.17, 15) is 4.79 Å². The summed E-state index contributed by atoms with van der Waals surface area (Å²) in [6.07, 6.45) is 4.33. The van der Waals surface area contributed by atoms with Crippen molar-refractivity contribution >= 4 is 5.91 Å². The Hall–Kier alpha value is -0.530. The first-order valence-corrected chi connectivity index (χ1v) is 4.95. The van der Waals surface area contributed by atoms with Gasteiger partial charge >= 0.3 is 0 Å². The van der Waals surface area contributed by atoms with Crippen LogP contribution in [0, 0.1) is 11.8 Å². The van der Waals surface area contributed by atoms with Gasteiger partial charge in [0.1, 0.15) is 0 Å². The van der Waals surface area contributed by atoms with E-state index >= 15 is 0 Å². The maximum atomic E-state index is 11.2. The Bertz CT molecular complexity index is 142. The van der Waals surface area contributed by atoms with Crippen molar-refractivity contribution in [1.82, 2.24) is 5.32 Å². The van der Waals surface area contributed by atoms with Crippen molar-refractivity contribution in [2.75, 3.05) is 6.54 Å². The van der Waals surface area contributed by atoms with Crippen molar-refractivity contribution in [3.8, 4) is 0 Å². The molecular weight excluding hydrogens is 150 g/mol. The van der Waals surface area contributed by atoms with Crippen LogP contribution in [0.4, 0.5) is 0 Å². The number of rotatable bonds is 5. The highest BCUT2D eigenvalue weighted by Crippen LogP contribution is 2.27. The molecule has 0 atom stereocenters. The lowest BCUT2D eigenvalue weighted by Gasteiger charge is -2.05. The molecule has 0 unspecified atom stereocenters. The van der Waals surface area contributed by atoms with Gasteiger partial charge in [-0.2, -0.15) is 0 Å². The van der Waals surface area contributed by atoms with Crippen molar-refractivity contribution in [3.05, 3.63) is 0 Å². The van der Waals surface area contributed by atoms with Crippen LogP contribution in [0.3, 0.4) is 0 Å². The Balaban J connectivity index is 1.95. The highest BCUT2D eigenvalue weighted by molar-refractivity contribution is 5.75. The standard InChI is InChI=1S/C10H19NO/c1-8(2)3-6-10(12)11-7-9-4-5-9/h8-9H,3-7H2,1-2H3,(H,11,12). The molecule has 1 saturated carbocycles. The molecule has 0 bridgehead atoms. The molecule has 70 valence electrons. The lowest BCUT2D eigenvalue weighted by molar-refractivity contribution is -0.121. The highest BCUT2D eigenvalue weighted by Gasteiger charge is 2.21. The van der Waals surface area contributed by atoms with E-state index in [0.29, 0.717) is 12.3 Å². The van der Waals surface area contributed by atoms with Gasteiger partial charge in [0.25, 0.3) is 0 Å². The summed E-state index contributed by atoms with van der Waals surface area (Å²) in [5, 5.41) is 2.96. The van der Waals surface area contributed by atoms with E-state index in [1.54, 1.807) is 0 Å². The molecule has 0 aromatic rings. The van der Waals surface area contributed by atoms with Gasteiger partial charge in [-0.25, -0.2) is 0 Å². The summed E-state index contributed by atoms with van der Waals surface area (Å²) in [6, 6.07) is 0. The minimum Gasteiger partial charge on any atom is -0.356 e. The lowest BCUT2D eigenvalue weighted by Crippen LogP contribution is -2.25. The Morgan fingerprint density at radius 1 is 1.50 bits per heavy atom. The van der Waals surface area contributed by atoms with Crippen LogP contribution in [0.15, 0.2) is 0 Å².